The van der Waals surface area contributed by atoms with Crippen molar-refractivity contribution in [1.29, 1.82) is 0 Å². The minimum atomic E-state index is 1.04. The molecule has 0 spiro atoms. The maximum atomic E-state index is 3.98. The highest BCUT2D eigenvalue weighted by molar-refractivity contribution is 5.43. The lowest BCUT2D eigenvalue weighted by Crippen LogP contribution is -1.91. The van der Waals surface area contributed by atoms with E-state index in [1.54, 1.807) is 6.20 Å². The summed E-state index contributed by atoms with van der Waals surface area (Å²) in [6, 6.07) is 0. The second-order valence-electron chi connectivity index (χ2n) is 3.18. The van der Waals surface area contributed by atoms with Crippen LogP contribution in [0.2, 0.25) is 0 Å². The summed E-state index contributed by atoms with van der Waals surface area (Å²) in [6.07, 6.45) is 10.2. The van der Waals surface area contributed by atoms with Crippen molar-refractivity contribution in [3.05, 3.63) is 47.7 Å². The molecule has 1 aliphatic carbocycles. The largest absolute Gasteiger partial charge is 0.272 e. The number of allylic oxidation sites excluding steroid dienone is 6. The van der Waals surface area contributed by atoms with Gasteiger partial charge in [0, 0.05) is 6.20 Å². The predicted octanol–water partition coefficient (Wildman–Crippen LogP) is 4.45. The SMILES string of the molecule is C=N/C=C\C(=C)C1=CC(C)=CCC1.CC. The Morgan fingerprint density at radius 1 is 1.47 bits per heavy atom. The van der Waals surface area contributed by atoms with Crippen molar-refractivity contribution >= 4 is 6.72 Å². The van der Waals surface area contributed by atoms with Gasteiger partial charge in [-0.2, -0.15) is 0 Å². The highest BCUT2D eigenvalue weighted by Gasteiger charge is 2.03. The van der Waals surface area contributed by atoms with E-state index in [-0.39, 0.29) is 0 Å². The van der Waals surface area contributed by atoms with Crippen LogP contribution in [0.4, 0.5) is 0 Å². The standard InChI is InChI=1S/C12H15N.C2H6/c1-10-5-4-6-12(9-10)11(2)7-8-13-3;1-2/h5,7-9H,2-4,6H2,1H3;1-2H3/b8-7-;. The summed E-state index contributed by atoms with van der Waals surface area (Å²) >= 11 is 0. The third kappa shape index (κ3) is 5.16. The molecule has 0 unspecified atom stereocenters. The van der Waals surface area contributed by atoms with Gasteiger partial charge in [-0.15, -0.1) is 0 Å². The van der Waals surface area contributed by atoms with Crippen molar-refractivity contribution in [2.45, 2.75) is 33.6 Å². The first kappa shape index (κ1) is 13.6. The molecule has 0 amide bonds. The lowest BCUT2D eigenvalue weighted by atomic mass is 9.95. The molecule has 0 N–H and O–H groups in total. The van der Waals surface area contributed by atoms with E-state index in [1.807, 2.05) is 19.9 Å². The second-order valence-corrected chi connectivity index (χ2v) is 3.18. The van der Waals surface area contributed by atoms with Crippen molar-refractivity contribution < 1.29 is 0 Å². The van der Waals surface area contributed by atoms with Gasteiger partial charge in [-0.3, -0.25) is 4.99 Å². The predicted molar refractivity (Wildman–Crippen MR) is 70.3 cm³/mol. The number of hydrogen-bond donors (Lipinski definition) is 0. The third-order valence-electron chi connectivity index (χ3n) is 2.08. The molecule has 1 heteroatoms. The van der Waals surface area contributed by atoms with Gasteiger partial charge in [-0.1, -0.05) is 38.2 Å². The van der Waals surface area contributed by atoms with E-state index in [4.69, 9.17) is 0 Å². The highest BCUT2D eigenvalue weighted by atomic mass is 14.6. The molecule has 0 aromatic carbocycles. The van der Waals surface area contributed by atoms with Gasteiger partial charge in [0.05, 0.1) is 0 Å². The zero-order valence-corrected chi connectivity index (χ0v) is 10.1. The van der Waals surface area contributed by atoms with Crippen molar-refractivity contribution in [3.8, 4) is 0 Å². The number of rotatable bonds is 3. The fraction of sp³-hybridized carbons (Fsp3) is 0.357. The second kappa shape index (κ2) is 7.98. The van der Waals surface area contributed by atoms with E-state index in [0.29, 0.717) is 0 Å². The van der Waals surface area contributed by atoms with Gasteiger partial charge in [-0.05, 0) is 43.7 Å². The zero-order chi connectivity index (χ0) is 11.7. The molecule has 0 radical (unpaired) electrons. The lowest BCUT2D eigenvalue weighted by Gasteiger charge is -2.11. The van der Waals surface area contributed by atoms with Gasteiger partial charge in [0.25, 0.3) is 0 Å². The number of aliphatic imine (C=N–C) groups is 1. The maximum Gasteiger partial charge on any atom is 0.0266 e. The smallest absolute Gasteiger partial charge is 0.0266 e. The monoisotopic (exact) mass is 203 g/mol. The molecule has 0 saturated carbocycles. The molecule has 1 nitrogen and oxygen atoms in total. The Kier molecular flexibility index (Phi) is 7.25. The van der Waals surface area contributed by atoms with Crippen LogP contribution in [0.3, 0.4) is 0 Å². The molecule has 0 fully saturated rings. The van der Waals surface area contributed by atoms with Crippen LogP contribution in [0.5, 0.6) is 0 Å². The Morgan fingerprint density at radius 3 is 2.67 bits per heavy atom. The van der Waals surface area contributed by atoms with Crippen LogP contribution < -0.4 is 0 Å². The van der Waals surface area contributed by atoms with Gasteiger partial charge < -0.3 is 0 Å². The Bertz CT molecular complexity index is 303. The van der Waals surface area contributed by atoms with Gasteiger partial charge in [0.1, 0.15) is 0 Å². The minimum Gasteiger partial charge on any atom is -0.272 e. The Labute approximate surface area is 93.6 Å². The Hall–Kier alpha value is -1.37. The normalized spacial score (nSPS) is 14.9. The van der Waals surface area contributed by atoms with E-state index >= 15 is 0 Å². The first-order valence-corrected chi connectivity index (χ1v) is 5.43. The summed E-state index contributed by atoms with van der Waals surface area (Å²) in [5.74, 6) is 0. The molecular formula is C14H21N. The molecule has 82 valence electrons. The fourth-order valence-electron chi connectivity index (χ4n) is 1.36. The van der Waals surface area contributed by atoms with Crippen LogP contribution in [0.15, 0.2) is 52.7 Å². The molecule has 0 aliphatic heterocycles. The molecule has 1 rings (SSSR count). The van der Waals surface area contributed by atoms with Gasteiger partial charge in [-0.25, -0.2) is 0 Å². The Balaban J connectivity index is 0.000000921. The average molecular weight is 203 g/mol. The van der Waals surface area contributed by atoms with Crippen molar-refractivity contribution in [2.24, 2.45) is 4.99 Å². The highest BCUT2D eigenvalue weighted by Crippen LogP contribution is 2.22. The first-order valence-electron chi connectivity index (χ1n) is 5.43. The number of nitrogens with zero attached hydrogens (tertiary/aromatic N) is 1. The van der Waals surface area contributed by atoms with Crippen LogP contribution >= 0.6 is 0 Å². The number of hydrogen-bond acceptors (Lipinski definition) is 1. The molecule has 0 aromatic heterocycles. The van der Waals surface area contributed by atoms with Gasteiger partial charge in [0.15, 0.2) is 0 Å². The van der Waals surface area contributed by atoms with Gasteiger partial charge in [0.2, 0.25) is 0 Å². The molecule has 0 heterocycles. The van der Waals surface area contributed by atoms with E-state index in [0.717, 1.165) is 18.4 Å². The van der Waals surface area contributed by atoms with E-state index in [9.17, 15) is 0 Å². The summed E-state index contributed by atoms with van der Waals surface area (Å²) in [5.41, 5.74) is 3.67. The molecular weight excluding hydrogens is 182 g/mol. The average Bonchev–Trinajstić information content (AvgIpc) is 2.28. The lowest BCUT2D eigenvalue weighted by molar-refractivity contribution is 0.962. The summed E-state index contributed by atoms with van der Waals surface area (Å²) in [4.78, 5) is 3.66. The van der Waals surface area contributed by atoms with Crippen molar-refractivity contribution in [1.82, 2.24) is 0 Å². The van der Waals surface area contributed by atoms with Crippen LogP contribution in [-0.2, 0) is 0 Å². The molecule has 15 heavy (non-hydrogen) atoms. The Morgan fingerprint density at radius 2 is 2.13 bits per heavy atom. The van der Waals surface area contributed by atoms with Crippen molar-refractivity contribution in [3.63, 3.8) is 0 Å². The zero-order valence-electron chi connectivity index (χ0n) is 10.1. The van der Waals surface area contributed by atoms with Crippen LogP contribution in [0.1, 0.15) is 33.6 Å². The molecule has 0 aromatic rings. The van der Waals surface area contributed by atoms with Crippen LogP contribution in [0.25, 0.3) is 0 Å². The summed E-state index contributed by atoms with van der Waals surface area (Å²) < 4.78 is 0. The van der Waals surface area contributed by atoms with Crippen molar-refractivity contribution in [2.75, 3.05) is 0 Å². The summed E-state index contributed by atoms with van der Waals surface area (Å²) in [5, 5.41) is 0. The summed E-state index contributed by atoms with van der Waals surface area (Å²) in [7, 11) is 0. The quantitative estimate of drug-likeness (QED) is 0.474. The van der Waals surface area contributed by atoms with E-state index < -0.39 is 0 Å². The van der Waals surface area contributed by atoms with Gasteiger partial charge >= 0.3 is 0 Å². The molecule has 0 saturated heterocycles. The molecule has 0 bridgehead atoms. The van der Waals surface area contributed by atoms with E-state index in [1.165, 1.54) is 11.1 Å². The van der Waals surface area contributed by atoms with Crippen LogP contribution in [-0.4, -0.2) is 6.72 Å². The first-order chi connectivity index (χ1) is 7.24. The van der Waals surface area contributed by atoms with E-state index in [2.05, 4.69) is 37.4 Å². The fourth-order valence-corrected chi connectivity index (χ4v) is 1.36. The summed E-state index contributed by atoms with van der Waals surface area (Å²) in [6.45, 7) is 13.5. The molecule has 1 aliphatic rings. The maximum absolute atomic E-state index is 3.98. The van der Waals surface area contributed by atoms with Crippen LogP contribution in [0, 0.1) is 0 Å². The minimum absolute atomic E-state index is 1.04. The topological polar surface area (TPSA) is 12.4 Å². The molecule has 0 atom stereocenters. The third-order valence-corrected chi connectivity index (χ3v) is 2.08.